The van der Waals surface area contributed by atoms with Crippen molar-refractivity contribution in [1.29, 1.82) is 0 Å². The maximum atomic E-state index is 12.5. The molecule has 0 N–H and O–H groups in total. The number of pyridine rings is 1. The van der Waals surface area contributed by atoms with E-state index in [2.05, 4.69) is 20.1 Å². The van der Waals surface area contributed by atoms with Gasteiger partial charge in [0.05, 0.1) is 23.7 Å². The molecule has 1 aromatic carbocycles. The second-order valence-corrected chi connectivity index (χ2v) is 6.34. The number of benzene rings is 1. The fraction of sp³-hybridized carbons (Fsp3) is 0.200. The predicted molar refractivity (Wildman–Crippen MR) is 103 cm³/mol. The maximum absolute atomic E-state index is 12.5. The quantitative estimate of drug-likeness (QED) is 0.461. The largest absolute Gasteiger partial charge is 0.452 e. The zero-order chi connectivity index (χ0) is 20.2. The standard InChI is InChI=1S/C20H17N5O4/c1-13(19-23-18(24-29-19)14-5-4-9-21-11-14)28-17(26)8-10-25-12-22-16-7-3-2-6-15(16)20(25)27/h2-7,9,11-13H,8,10H2,1H3. The molecule has 0 aliphatic rings. The molecule has 0 bridgehead atoms. The van der Waals surface area contributed by atoms with Crippen molar-refractivity contribution >= 4 is 16.9 Å². The average molecular weight is 391 g/mol. The molecule has 29 heavy (non-hydrogen) atoms. The summed E-state index contributed by atoms with van der Waals surface area (Å²) in [5, 5.41) is 4.38. The average Bonchev–Trinajstić information content (AvgIpc) is 3.25. The van der Waals surface area contributed by atoms with Crippen LogP contribution in [-0.2, 0) is 16.1 Å². The lowest BCUT2D eigenvalue weighted by Crippen LogP contribution is -2.22. The lowest BCUT2D eigenvalue weighted by Gasteiger charge is -2.10. The summed E-state index contributed by atoms with van der Waals surface area (Å²) in [5.41, 5.74) is 1.12. The van der Waals surface area contributed by atoms with Crippen LogP contribution in [0.4, 0.5) is 0 Å². The molecule has 0 saturated carbocycles. The number of hydrogen-bond acceptors (Lipinski definition) is 8. The van der Waals surface area contributed by atoms with Gasteiger partial charge in [0.25, 0.3) is 11.4 Å². The van der Waals surface area contributed by atoms with E-state index in [-0.39, 0.29) is 24.4 Å². The Balaban J connectivity index is 1.38. The summed E-state index contributed by atoms with van der Waals surface area (Å²) < 4.78 is 11.9. The van der Waals surface area contributed by atoms with Crippen molar-refractivity contribution in [2.75, 3.05) is 0 Å². The van der Waals surface area contributed by atoms with E-state index in [4.69, 9.17) is 9.26 Å². The van der Waals surface area contributed by atoms with Gasteiger partial charge in [-0.25, -0.2) is 4.98 Å². The van der Waals surface area contributed by atoms with Crippen LogP contribution in [0.5, 0.6) is 0 Å². The number of aryl methyl sites for hydroxylation is 1. The van der Waals surface area contributed by atoms with Crippen LogP contribution in [-0.4, -0.2) is 30.6 Å². The smallest absolute Gasteiger partial charge is 0.308 e. The minimum absolute atomic E-state index is 0.00780. The van der Waals surface area contributed by atoms with Gasteiger partial charge in [0.1, 0.15) is 0 Å². The molecule has 1 atom stereocenters. The van der Waals surface area contributed by atoms with Crippen LogP contribution >= 0.6 is 0 Å². The number of carbonyl (C=O) groups is 1. The van der Waals surface area contributed by atoms with Gasteiger partial charge < -0.3 is 9.26 Å². The van der Waals surface area contributed by atoms with Gasteiger partial charge in [-0.1, -0.05) is 17.3 Å². The first-order chi connectivity index (χ1) is 14.1. The van der Waals surface area contributed by atoms with Crippen LogP contribution in [0.2, 0.25) is 0 Å². The Morgan fingerprint density at radius 2 is 2.10 bits per heavy atom. The Morgan fingerprint density at radius 3 is 2.93 bits per heavy atom. The summed E-state index contributed by atoms with van der Waals surface area (Å²) in [6.45, 7) is 1.80. The summed E-state index contributed by atoms with van der Waals surface area (Å²) in [4.78, 5) is 37.1. The third-order valence-electron chi connectivity index (χ3n) is 4.31. The number of fused-ring (bicyclic) bond motifs is 1. The monoisotopic (exact) mass is 391 g/mol. The minimum atomic E-state index is -0.716. The minimum Gasteiger partial charge on any atom is -0.452 e. The van der Waals surface area contributed by atoms with Crippen molar-refractivity contribution in [2.24, 2.45) is 0 Å². The molecule has 4 aromatic rings. The van der Waals surface area contributed by atoms with Gasteiger partial charge in [-0.15, -0.1) is 0 Å². The summed E-state index contributed by atoms with van der Waals surface area (Å²) in [6.07, 6.45) is 3.98. The fourth-order valence-electron chi connectivity index (χ4n) is 2.80. The number of para-hydroxylation sites is 1. The molecule has 4 rings (SSSR count). The molecule has 9 heteroatoms. The van der Waals surface area contributed by atoms with Crippen molar-refractivity contribution in [3.63, 3.8) is 0 Å². The number of aromatic nitrogens is 5. The van der Waals surface area contributed by atoms with Gasteiger partial charge in [-0.2, -0.15) is 4.98 Å². The van der Waals surface area contributed by atoms with Gasteiger partial charge in [-0.3, -0.25) is 19.1 Å². The molecule has 0 fully saturated rings. The first kappa shape index (κ1) is 18.5. The topological polar surface area (TPSA) is 113 Å². The van der Waals surface area contributed by atoms with Gasteiger partial charge in [-0.05, 0) is 31.2 Å². The van der Waals surface area contributed by atoms with Crippen molar-refractivity contribution in [3.8, 4) is 11.4 Å². The number of nitrogens with zero attached hydrogens (tertiary/aromatic N) is 5. The van der Waals surface area contributed by atoms with E-state index in [1.807, 2.05) is 6.07 Å². The molecule has 3 aromatic heterocycles. The highest BCUT2D eigenvalue weighted by molar-refractivity contribution is 5.77. The number of rotatable bonds is 6. The summed E-state index contributed by atoms with van der Waals surface area (Å²) >= 11 is 0. The zero-order valence-corrected chi connectivity index (χ0v) is 15.6. The Kier molecular flexibility index (Phi) is 5.10. The molecule has 9 nitrogen and oxygen atoms in total. The normalized spacial score (nSPS) is 12.0. The lowest BCUT2D eigenvalue weighted by molar-refractivity contribution is -0.150. The van der Waals surface area contributed by atoms with Crippen LogP contribution in [0.25, 0.3) is 22.3 Å². The van der Waals surface area contributed by atoms with Gasteiger partial charge >= 0.3 is 5.97 Å². The van der Waals surface area contributed by atoms with Gasteiger partial charge in [0.15, 0.2) is 6.10 Å². The number of esters is 1. The van der Waals surface area contributed by atoms with Crippen molar-refractivity contribution in [2.45, 2.75) is 26.0 Å². The highest BCUT2D eigenvalue weighted by atomic mass is 16.6. The second-order valence-electron chi connectivity index (χ2n) is 6.34. The van der Waals surface area contributed by atoms with Crippen molar-refractivity contribution in [3.05, 3.63) is 71.4 Å². The number of carbonyl (C=O) groups excluding carboxylic acids is 1. The van der Waals surface area contributed by atoms with Crippen LogP contribution < -0.4 is 5.56 Å². The van der Waals surface area contributed by atoms with Crippen molar-refractivity contribution in [1.82, 2.24) is 24.7 Å². The van der Waals surface area contributed by atoms with E-state index in [9.17, 15) is 9.59 Å². The molecule has 146 valence electrons. The third-order valence-corrected chi connectivity index (χ3v) is 4.31. The number of hydrogen-bond donors (Lipinski definition) is 0. The van der Waals surface area contributed by atoms with Crippen LogP contribution in [0.1, 0.15) is 25.3 Å². The van der Waals surface area contributed by atoms with E-state index in [1.165, 1.54) is 10.9 Å². The molecular formula is C20H17N5O4. The first-order valence-corrected chi connectivity index (χ1v) is 8.99. The predicted octanol–water partition coefficient (Wildman–Crippen LogP) is 2.54. The number of ether oxygens (including phenoxy) is 1. The summed E-state index contributed by atoms with van der Waals surface area (Å²) in [7, 11) is 0. The van der Waals surface area contributed by atoms with E-state index >= 15 is 0 Å². The molecule has 0 aliphatic carbocycles. The summed E-state index contributed by atoms with van der Waals surface area (Å²) in [6, 6.07) is 10.6. The van der Waals surface area contributed by atoms with Crippen LogP contribution in [0.3, 0.4) is 0 Å². The van der Waals surface area contributed by atoms with Gasteiger partial charge in [0.2, 0.25) is 5.82 Å². The SMILES string of the molecule is CC(OC(=O)CCn1cnc2ccccc2c1=O)c1nc(-c2cccnc2)no1. The molecule has 0 saturated heterocycles. The Hall–Kier alpha value is -3.88. The molecule has 0 radical (unpaired) electrons. The highest BCUT2D eigenvalue weighted by Gasteiger charge is 2.19. The molecule has 3 heterocycles. The van der Waals surface area contributed by atoms with E-state index in [1.54, 1.807) is 49.6 Å². The summed E-state index contributed by atoms with van der Waals surface area (Å²) in [5.74, 6) is 0.0604. The molecule has 1 unspecified atom stereocenters. The molecular weight excluding hydrogens is 374 g/mol. The Morgan fingerprint density at radius 1 is 1.24 bits per heavy atom. The zero-order valence-electron chi connectivity index (χ0n) is 15.6. The molecule has 0 spiro atoms. The lowest BCUT2D eigenvalue weighted by atomic mass is 10.2. The van der Waals surface area contributed by atoms with Gasteiger partial charge in [0, 0.05) is 24.5 Å². The Bertz CT molecular complexity index is 1200. The fourth-order valence-corrected chi connectivity index (χ4v) is 2.80. The molecule has 0 aliphatic heterocycles. The highest BCUT2D eigenvalue weighted by Crippen LogP contribution is 2.20. The molecule has 0 amide bonds. The Labute approximate surface area is 165 Å². The maximum Gasteiger partial charge on any atom is 0.308 e. The van der Waals surface area contributed by atoms with E-state index < -0.39 is 12.1 Å². The van der Waals surface area contributed by atoms with E-state index in [0.29, 0.717) is 22.3 Å². The van der Waals surface area contributed by atoms with Crippen LogP contribution in [0.15, 0.2) is 64.4 Å². The van der Waals surface area contributed by atoms with Crippen molar-refractivity contribution < 1.29 is 14.1 Å². The third kappa shape index (κ3) is 4.03. The second kappa shape index (κ2) is 8.01. The van der Waals surface area contributed by atoms with Crippen LogP contribution in [0, 0.1) is 0 Å². The van der Waals surface area contributed by atoms with E-state index in [0.717, 1.165) is 0 Å². The first-order valence-electron chi connectivity index (χ1n) is 8.99.